The maximum Gasteiger partial charge on any atom is 0.223 e. The first-order valence-corrected chi connectivity index (χ1v) is 7.02. The van der Waals surface area contributed by atoms with Crippen LogP contribution in [0, 0.1) is 17.3 Å². The van der Waals surface area contributed by atoms with Crippen molar-refractivity contribution in [2.75, 3.05) is 13.1 Å². The lowest BCUT2D eigenvalue weighted by Gasteiger charge is -2.39. The third-order valence-corrected chi connectivity index (χ3v) is 4.56. The van der Waals surface area contributed by atoms with Crippen LogP contribution in [0.25, 0.3) is 0 Å². The molecule has 1 heterocycles. The van der Waals surface area contributed by atoms with E-state index in [0.717, 1.165) is 13.1 Å². The zero-order valence-electron chi connectivity index (χ0n) is 11.8. The first kappa shape index (κ1) is 15.8. The molecule has 2 aliphatic rings. The molecule has 1 aliphatic heterocycles. The van der Waals surface area contributed by atoms with Crippen molar-refractivity contribution in [2.24, 2.45) is 17.3 Å². The van der Waals surface area contributed by atoms with E-state index in [0.29, 0.717) is 17.4 Å². The maximum atomic E-state index is 11.9. The summed E-state index contributed by atoms with van der Waals surface area (Å²) in [4.78, 5) is 11.9. The number of piperidine rings is 1. The molecule has 1 saturated heterocycles. The van der Waals surface area contributed by atoms with E-state index in [1.54, 1.807) is 0 Å². The number of rotatable bonds is 4. The van der Waals surface area contributed by atoms with Gasteiger partial charge in [-0.05, 0) is 43.6 Å². The molecular weight excluding hydrogens is 248 g/mol. The summed E-state index contributed by atoms with van der Waals surface area (Å²) < 4.78 is 0. The van der Waals surface area contributed by atoms with Gasteiger partial charge < -0.3 is 10.6 Å². The lowest BCUT2D eigenvalue weighted by Crippen LogP contribution is -2.53. The normalized spacial score (nSPS) is 28.1. The Hall–Kier alpha value is -0.280. The molecule has 2 rings (SSSR count). The Morgan fingerprint density at radius 3 is 2.67 bits per heavy atom. The average molecular weight is 275 g/mol. The molecule has 1 saturated carbocycles. The van der Waals surface area contributed by atoms with E-state index in [-0.39, 0.29) is 24.2 Å². The van der Waals surface area contributed by atoms with Gasteiger partial charge in [0.1, 0.15) is 0 Å². The van der Waals surface area contributed by atoms with Crippen molar-refractivity contribution in [2.45, 2.75) is 52.5 Å². The SMILES string of the molecule is CC(C(=O)NCC1NCCCC1(C)C)C1CC1.Cl. The van der Waals surface area contributed by atoms with Crippen LogP contribution in [0.2, 0.25) is 0 Å². The standard InChI is InChI=1S/C14H26N2O.ClH/c1-10(11-5-6-11)13(17)16-9-12-14(2,3)7-4-8-15-12;/h10-12,15H,4-9H2,1-3H3,(H,16,17);1H. The predicted molar refractivity (Wildman–Crippen MR) is 77.0 cm³/mol. The second kappa shape index (κ2) is 6.25. The summed E-state index contributed by atoms with van der Waals surface area (Å²) >= 11 is 0. The fourth-order valence-corrected chi connectivity index (χ4v) is 2.79. The molecule has 0 spiro atoms. The van der Waals surface area contributed by atoms with Crippen molar-refractivity contribution in [1.82, 2.24) is 10.6 Å². The van der Waals surface area contributed by atoms with E-state index in [1.807, 2.05) is 0 Å². The lowest BCUT2D eigenvalue weighted by molar-refractivity contribution is -0.125. The van der Waals surface area contributed by atoms with Crippen LogP contribution in [0.1, 0.15) is 46.5 Å². The van der Waals surface area contributed by atoms with Crippen molar-refractivity contribution in [3.8, 4) is 0 Å². The van der Waals surface area contributed by atoms with Crippen molar-refractivity contribution in [1.29, 1.82) is 0 Å². The maximum absolute atomic E-state index is 11.9. The van der Waals surface area contributed by atoms with Crippen LogP contribution in [-0.2, 0) is 4.79 Å². The zero-order chi connectivity index (χ0) is 12.5. The molecule has 2 fully saturated rings. The number of carbonyl (C=O) groups is 1. The summed E-state index contributed by atoms with van der Waals surface area (Å²) in [5.41, 5.74) is 0.300. The summed E-state index contributed by atoms with van der Waals surface area (Å²) in [6.07, 6.45) is 4.97. The van der Waals surface area contributed by atoms with E-state index in [1.165, 1.54) is 25.7 Å². The van der Waals surface area contributed by atoms with Crippen molar-refractivity contribution in [3.63, 3.8) is 0 Å². The molecule has 106 valence electrons. The van der Waals surface area contributed by atoms with E-state index in [9.17, 15) is 4.79 Å². The molecule has 2 N–H and O–H groups in total. The van der Waals surface area contributed by atoms with Crippen molar-refractivity contribution < 1.29 is 4.79 Å². The topological polar surface area (TPSA) is 41.1 Å². The molecule has 2 unspecified atom stereocenters. The third kappa shape index (κ3) is 3.86. The van der Waals surface area contributed by atoms with Gasteiger partial charge >= 0.3 is 0 Å². The molecule has 1 amide bonds. The highest BCUT2D eigenvalue weighted by Gasteiger charge is 2.35. The molecule has 0 bridgehead atoms. The highest BCUT2D eigenvalue weighted by molar-refractivity contribution is 5.85. The number of amides is 1. The zero-order valence-corrected chi connectivity index (χ0v) is 12.6. The van der Waals surface area contributed by atoms with Crippen molar-refractivity contribution >= 4 is 18.3 Å². The van der Waals surface area contributed by atoms with Crippen LogP contribution < -0.4 is 10.6 Å². The van der Waals surface area contributed by atoms with Crippen molar-refractivity contribution in [3.05, 3.63) is 0 Å². The molecule has 3 nitrogen and oxygen atoms in total. The Morgan fingerprint density at radius 1 is 1.44 bits per heavy atom. The molecule has 0 aromatic heterocycles. The molecular formula is C14H27ClN2O. The monoisotopic (exact) mass is 274 g/mol. The van der Waals surface area contributed by atoms with Gasteiger partial charge in [-0.25, -0.2) is 0 Å². The Balaban J connectivity index is 0.00000162. The van der Waals surface area contributed by atoms with Crippen LogP contribution in [0.4, 0.5) is 0 Å². The molecule has 0 aromatic carbocycles. The Bertz CT molecular complexity index is 290. The largest absolute Gasteiger partial charge is 0.354 e. The fraction of sp³-hybridized carbons (Fsp3) is 0.929. The van der Waals surface area contributed by atoms with Gasteiger partial charge in [0.15, 0.2) is 0 Å². The Labute approximate surface area is 117 Å². The Kier molecular flexibility index (Phi) is 5.47. The number of halogens is 1. The first-order valence-electron chi connectivity index (χ1n) is 7.02. The van der Waals surface area contributed by atoms with E-state index < -0.39 is 0 Å². The van der Waals surface area contributed by atoms with Gasteiger partial charge in [0.25, 0.3) is 0 Å². The second-order valence-corrected chi connectivity index (χ2v) is 6.47. The summed E-state index contributed by atoms with van der Waals surface area (Å²) in [5.74, 6) is 1.11. The van der Waals surface area contributed by atoms with Gasteiger partial charge in [-0.15, -0.1) is 12.4 Å². The molecule has 1 aliphatic carbocycles. The number of hydrogen-bond acceptors (Lipinski definition) is 2. The van der Waals surface area contributed by atoms with Crippen LogP contribution in [0.15, 0.2) is 0 Å². The van der Waals surface area contributed by atoms with Gasteiger partial charge in [0.2, 0.25) is 5.91 Å². The van der Waals surface area contributed by atoms with E-state index >= 15 is 0 Å². The quantitative estimate of drug-likeness (QED) is 0.826. The summed E-state index contributed by atoms with van der Waals surface area (Å²) in [6.45, 7) is 8.51. The predicted octanol–water partition coefficient (Wildman–Crippen LogP) is 2.35. The van der Waals surface area contributed by atoms with Gasteiger partial charge in [0.05, 0.1) is 0 Å². The number of carbonyl (C=O) groups excluding carboxylic acids is 1. The van der Waals surface area contributed by atoms with Gasteiger partial charge in [0, 0.05) is 18.5 Å². The molecule has 0 radical (unpaired) electrons. The summed E-state index contributed by atoms with van der Waals surface area (Å²) in [5, 5.41) is 6.66. The third-order valence-electron chi connectivity index (χ3n) is 4.56. The Morgan fingerprint density at radius 2 is 2.11 bits per heavy atom. The van der Waals surface area contributed by atoms with Crippen LogP contribution in [0.3, 0.4) is 0 Å². The van der Waals surface area contributed by atoms with E-state index in [2.05, 4.69) is 31.4 Å². The van der Waals surface area contributed by atoms with Gasteiger partial charge in [-0.3, -0.25) is 4.79 Å². The smallest absolute Gasteiger partial charge is 0.223 e. The minimum absolute atomic E-state index is 0. The molecule has 0 aromatic rings. The van der Waals surface area contributed by atoms with Gasteiger partial charge in [-0.2, -0.15) is 0 Å². The highest BCUT2D eigenvalue weighted by Crippen LogP contribution is 2.36. The van der Waals surface area contributed by atoms with Crippen LogP contribution >= 0.6 is 12.4 Å². The van der Waals surface area contributed by atoms with Gasteiger partial charge in [-0.1, -0.05) is 20.8 Å². The summed E-state index contributed by atoms with van der Waals surface area (Å²) in [7, 11) is 0. The number of hydrogen-bond donors (Lipinski definition) is 2. The highest BCUT2D eigenvalue weighted by atomic mass is 35.5. The first-order chi connectivity index (χ1) is 8.00. The van der Waals surface area contributed by atoms with Crippen LogP contribution in [-0.4, -0.2) is 25.0 Å². The summed E-state index contributed by atoms with van der Waals surface area (Å²) in [6, 6.07) is 0.423. The molecule has 4 heteroatoms. The molecule has 2 atom stereocenters. The average Bonchev–Trinajstić information content (AvgIpc) is 3.09. The number of nitrogens with one attached hydrogen (secondary N) is 2. The lowest BCUT2D eigenvalue weighted by atomic mass is 9.77. The minimum Gasteiger partial charge on any atom is -0.354 e. The molecule has 18 heavy (non-hydrogen) atoms. The minimum atomic E-state index is 0. The fourth-order valence-electron chi connectivity index (χ4n) is 2.79. The van der Waals surface area contributed by atoms with E-state index in [4.69, 9.17) is 0 Å². The van der Waals surface area contributed by atoms with Crippen LogP contribution in [0.5, 0.6) is 0 Å². The second-order valence-electron chi connectivity index (χ2n) is 6.47.